The van der Waals surface area contributed by atoms with Crippen LogP contribution in [0.25, 0.3) is 0 Å². The number of ether oxygens (including phenoxy) is 1. The third-order valence-electron chi connectivity index (χ3n) is 4.00. The molecule has 2 atom stereocenters. The van der Waals surface area contributed by atoms with Gasteiger partial charge < -0.3 is 10.1 Å². The largest absolute Gasteiger partial charge is 0.496 e. The highest BCUT2D eigenvalue weighted by molar-refractivity contribution is 5.35. The molecule has 2 nitrogen and oxygen atoms in total. The van der Waals surface area contributed by atoms with Crippen LogP contribution in [0.3, 0.4) is 0 Å². The van der Waals surface area contributed by atoms with E-state index in [0.29, 0.717) is 12.0 Å². The lowest BCUT2D eigenvalue weighted by Gasteiger charge is -2.18. The van der Waals surface area contributed by atoms with E-state index < -0.39 is 0 Å². The van der Waals surface area contributed by atoms with Crippen molar-refractivity contribution < 1.29 is 4.74 Å². The molecule has 0 saturated carbocycles. The van der Waals surface area contributed by atoms with Gasteiger partial charge in [-0.25, -0.2) is 0 Å². The third kappa shape index (κ3) is 4.33. The number of rotatable bonds is 7. The Bertz CT molecular complexity index is 538. The Hall–Kier alpha value is -1.80. The Morgan fingerprint density at radius 2 is 1.62 bits per heavy atom. The topological polar surface area (TPSA) is 21.3 Å². The molecule has 0 amide bonds. The predicted octanol–water partition coefficient (Wildman–Crippen LogP) is 4.54. The van der Waals surface area contributed by atoms with Crippen molar-refractivity contribution in [1.29, 1.82) is 0 Å². The summed E-state index contributed by atoms with van der Waals surface area (Å²) in [4.78, 5) is 0. The minimum atomic E-state index is 0.385. The average molecular weight is 283 g/mol. The molecule has 0 aliphatic heterocycles. The molecule has 2 heteroatoms. The molecule has 2 aromatic carbocycles. The van der Waals surface area contributed by atoms with Crippen LogP contribution in [0.5, 0.6) is 5.75 Å². The van der Waals surface area contributed by atoms with Crippen LogP contribution in [-0.4, -0.2) is 13.7 Å². The Labute approximate surface area is 128 Å². The first-order valence-corrected chi connectivity index (χ1v) is 7.63. The van der Waals surface area contributed by atoms with Crippen molar-refractivity contribution >= 4 is 0 Å². The standard InChI is InChI=1S/C19H25NO/c1-15(18-11-7-8-12-19(18)21-3)13-14-20-16(2)17-9-5-4-6-10-17/h4-12,15-16,20H,13-14H2,1-3H3/t15?,16-/m1/s1. The minimum Gasteiger partial charge on any atom is -0.496 e. The third-order valence-corrected chi connectivity index (χ3v) is 4.00. The highest BCUT2D eigenvalue weighted by Gasteiger charge is 2.11. The van der Waals surface area contributed by atoms with Gasteiger partial charge in [-0.2, -0.15) is 0 Å². The predicted molar refractivity (Wildman–Crippen MR) is 88.9 cm³/mol. The number of para-hydroxylation sites is 1. The smallest absolute Gasteiger partial charge is 0.122 e. The van der Waals surface area contributed by atoms with Gasteiger partial charge in [0.05, 0.1) is 7.11 Å². The van der Waals surface area contributed by atoms with Crippen molar-refractivity contribution in [3.8, 4) is 5.75 Å². The maximum atomic E-state index is 5.44. The van der Waals surface area contributed by atoms with Gasteiger partial charge in [0.25, 0.3) is 0 Å². The molecular formula is C19H25NO. The van der Waals surface area contributed by atoms with E-state index in [2.05, 4.69) is 61.6 Å². The van der Waals surface area contributed by atoms with Crippen LogP contribution in [0.4, 0.5) is 0 Å². The maximum Gasteiger partial charge on any atom is 0.122 e. The van der Waals surface area contributed by atoms with Crippen LogP contribution in [0.15, 0.2) is 54.6 Å². The fourth-order valence-electron chi connectivity index (χ4n) is 2.60. The van der Waals surface area contributed by atoms with Gasteiger partial charge in [-0.1, -0.05) is 55.5 Å². The summed E-state index contributed by atoms with van der Waals surface area (Å²) in [7, 11) is 1.74. The summed E-state index contributed by atoms with van der Waals surface area (Å²) in [5.41, 5.74) is 2.62. The molecule has 0 saturated heterocycles. The molecule has 0 spiro atoms. The van der Waals surface area contributed by atoms with E-state index in [9.17, 15) is 0 Å². The van der Waals surface area contributed by atoms with E-state index in [1.807, 2.05) is 12.1 Å². The van der Waals surface area contributed by atoms with E-state index in [1.54, 1.807) is 7.11 Å². The van der Waals surface area contributed by atoms with Gasteiger partial charge in [0.2, 0.25) is 0 Å². The summed E-state index contributed by atoms with van der Waals surface area (Å²) in [5, 5.41) is 3.60. The van der Waals surface area contributed by atoms with Crippen LogP contribution in [0, 0.1) is 0 Å². The van der Waals surface area contributed by atoms with Crippen molar-refractivity contribution in [3.05, 3.63) is 65.7 Å². The Morgan fingerprint density at radius 3 is 2.33 bits per heavy atom. The molecule has 112 valence electrons. The fraction of sp³-hybridized carbons (Fsp3) is 0.368. The van der Waals surface area contributed by atoms with E-state index in [1.165, 1.54) is 11.1 Å². The zero-order valence-electron chi connectivity index (χ0n) is 13.2. The van der Waals surface area contributed by atoms with Gasteiger partial charge in [-0.05, 0) is 43.0 Å². The summed E-state index contributed by atoms with van der Waals surface area (Å²) in [6, 6.07) is 19.2. The molecule has 0 bridgehead atoms. The van der Waals surface area contributed by atoms with Gasteiger partial charge >= 0.3 is 0 Å². The molecular weight excluding hydrogens is 258 g/mol. The van der Waals surface area contributed by atoms with E-state index in [-0.39, 0.29) is 0 Å². The van der Waals surface area contributed by atoms with Crippen LogP contribution < -0.4 is 10.1 Å². The Morgan fingerprint density at radius 1 is 0.952 bits per heavy atom. The molecule has 1 N–H and O–H groups in total. The maximum absolute atomic E-state index is 5.44. The number of nitrogens with one attached hydrogen (secondary N) is 1. The summed E-state index contributed by atoms with van der Waals surface area (Å²) in [5.74, 6) is 1.47. The normalized spacial score (nSPS) is 13.7. The van der Waals surface area contributed by atoms with Gasteiger partial charge in [-0.3, -0.25) is 0 Å². The lowest BCUT2D eigenvalue weighted by molar-refractivity contribution is 0.404. The fourth-order valence-corrected chi connectivity index (χ4v) is 2.60. The molecule has 0 fully saturated rings. The van der Waals surface area contributed by atoms with E-state index in [0.717, 1.165) is 18.7 Å². The molecule has 21 heavy (non-hydrogen) atoms. The monoisotopic (exact) mass is 283 g/mol. The van der Waals surface area contributed by atoms with E-state index >= 15 is 0 Å². The molecule has 0 radical (unpaired) electrons. The molecule has 0 aromatic heterocycles. The van der Waals surface area contributed by atoms with Crippen molar-refractivity contribution in [2.75, 3.05) is 13.7 Å². The van der Waals surface area contributed by atoms with Crippen molar-refractivity contribution in [1.82, 2.24) is 5.32 Å². The van der Waals surface area contributed by atoms with Gasteiger partial charge in [0, 0.05) is 6.04 Å². The number of hydrogen-bond donors (Lipinski definition) is 1. The summed E-state index contributed by atoms with van der Waals surface area (Å²) in [6.07, 6.45) is 1.09. The molecule has 0 heterocycles. The molecule has 0 aliphatic carbocycles. The first-order valence-electron chi connectivity index (χ1n) is 7.63. The number of hydrogen-bond acceptors (Lipinski definition) is 2. The van der Waals surface area contributed by atoms with Crippen LogP contribution in [0.1, 0.15) is 43.4 Å². The van der Waals surface area contributed by atoms with Gasteiger partial charge in [0.15, 0.2) is 0 Å². The number of methoxy groups -OCH3 is 1. The van der Waals surface area contributed by atoms with Crippen molar-refractivity contribution in [2.24, 2.45) is 0 Å². The molecule has 2 rings (SSSR count). The van der Waals surface area contributed by atoms with Crippen molar-refractivity contribution in [3.63, 3.8) is 0 Å². The van der Waals surface area contributed by atoms with Crippen molar-refractivity contribution in [2.45, 2.75) is 32.2 Å². The lowest BCUT2D eigenvalue weighted by Crippen LogP contribution is -2.21. The van der Waals surface area contributed by atoms with Crippen LogP contribution >= 0.6 is 0 Å². The minimum absolute atomic E-state index is 0.385. The Kier molecular flexibility index (Phi) is 5.82. The quantitative estimate of drug-likeness (QED) is 0.805. The number of benzene rings is 2. The second-order valence-electron chi connectivity index (χ2n) is 5.52. The zero-order chi connectivity index (χ0) is 15.1. The van der Waals surface area contributed by atoms with Crippen LogP contribution in [0.2, 0.25) is 0 Å². The van der Waals surface area contributed by atoms with Gasteiger partial charge in [0.1, 0.15) is 5.75 Å². The first-order chi connectivity index (χ1) is 10.2. The summed E-state index contributed by atoms with van der Waals surface area (Å²) >= 11 is 0. The molecule has 0 aliphatic rings. The summed E-state index contributed by atoms with van der Waals surface area (Å²) in [6.45, 7) is 5.46. The molecule has 2 aromatic rings. The second kappa shape index (κ2) is 7.84. The van der Waals surface area contributed by atoms with Crippen LogP contribution in [-0.2, 0) is 0 Å². The summed E-state index contributed by atoms with van der Waals surface area (Å²) < 4.78 is 5.44. The van der Waals surface area contributed by atoms with E-state index in [4.69, 9.17) is 4.74 Å². The molecule has 1 unspecified atom stereocenters. The highest BCUT2D eigenvalue weighted by atomic mass is 16.5. The SMILES string of the molecule is COc1ccccc1C(C)CCN[C@H](C)c1ccccc1. The van der Waals surface area contributed by atoms with Gasteiger partial charge in [-0.15, -0.1) is 0 Å². The lowest BCUT2D eigenvalue weighted by atomic mass is 9.96. The first kappa shape index (κ1) is 15.6. The second-order valence-corrected chi connectivity index (χ2v) is 5.52. The highest BCUT2D eigenvalue weighted by Crippen LogP contribution is 2.28. The zero-order valence-corrected chi connectivity index (χ0v) is 13.2. The average Bonchev–Trinajstić information content (AvgIpc) is 2.55. The Balaban J connectivity index is 1.86.